The number of aldehydes is 1. The first kappa shape index (κ1) is 10.6. The van der Waals surface area contributed by atoms with E-state index in [1.165, 1.54) is 0 Å². The highest BCUT2D eigenvalue weighted by molar-refractivity contribution is 5.72. The Morgan fingerprint density at radius 3 is 2.50 bits per heavy atom. The van der Waals surface area contributed by atoms with E-state index in [4.69, 9.17) is 9.25 Å². The molecule has 0 aliphatic heterocycles. The normalized spacial score (nSPS) is 10.3. The lowest BCUT2D eigenvalue weighted by Crippen LogP contribution is -2.75. The van der Waals surface area contributed by atoms with Crippen molar-refractivity contribution in [3.8, 4) is 11.3 Å². The molecule has 16 heavy (non-hydrogen) atoms. The Morgan fingerprint density at radius 2 is 1.94 bits per heavy atom. The van der Waals surface area contributed by atoms with Crippen LogP contribution in [0.4, 0.5) is 5.69 Å². The van der Waals surface area contributed by atoms with E-state index in [1.807, 2.05) is 24.3 Å². The number of carbonyl (C=O) groups is 1. The summed E-state index contributed by atoms with van der Waals surface area (Å²) in [5.41, 5.74) is 3.57. The van der Waals surface area contributed by atoms with Gasteiger partial charge in [-0.05, 0) is 24.3 Å². The predicted octanol–water partition coefficient (Wildman–Crippen LogP) is 1.52. The van der Waals surface area contributed by atoms with Crippen molar-refractivity contribution in [2.45, 2.75) is 0 Å². The van der Waals surface area contributed by atoms with Crippen molar-refractivity contribution in [3.63, 3.8) is 0 Å². The summed E-state index contributed by atoms with van der Waals surface area (Å²) in [7, 11) is 1.61. The molecule has 0 aliphatic rings. The highest BCUT2D eigenvalue weighted by Crippen LogP contribution is 2.22. The smallest absolute Gasteiger partial charge is 0.185 e. The van der Waals surface area contributed by atoms with Crippen molar-refractivity contribution in [1.82, 2.24) is 0 Å². The van der Waals surface area contributed by atoms with Crippen molar-refractivity contribution in [1.29, 1.82) is 0 Å². The van der Waals surface area contributed by atoms with Crippen LogP contribution in [0.25, 0.3) is 11.3 Å². The van der Waals surface area contributed by atoms with E-state index < -0.39 is 0 Å². The number of rotatable bonds is 4. The lowest BCUT2D eigenvalue weighted by atomic mass is 10.1. The molecule has 0 atom stereocenters. The number of carbonyl (C=O) groups excluding carboxylic acids is 1. The van der Waals surface area contributed by atoms with Crippen molar-refractivity contribution in [2.75, 3.05) is 7.11 Å². The Morgan fingerprint density at radius 1 is 1.19 bits per heavy atom. The van der Waals surface area contributed by atoms with Crippen LogP contribution in [0.1, 0.15) is 10.6 Å². The first-order chi connectivity index (χ1) is 7.83. The molecule has 2 aromatic rings. The number of hydrogen-bond acceptors (Lipinski definition) is 3. The number of furan rings is 1. The van der Waals surface area contributed by atoms with Crippen LogP contribution in [0.2, 0.25) is 0 Å². The van der Waals surface area contributed by atoms with Gasteiger partial charge in [-0.25, -0.2) is 4.84 Å². The molecule has 82 valence electrons. The third-order valence-electron chi connectivity index (χ3n) is 2.19. The summed E-state index contributed by atoms with van der Waals surface area (Å²) in [6.07, 6.45) is 0.691. The molecule has 0 spiro atoms. The topological polar surface area (TPSA) is 56.0 Å². The van der Waals surface area contributed by atoms with Gasteiger partial charge in [0.25, 0.3) is 0 Å². The van der Waals surface area contributed by atoms with Gasteiger partial charge in [0.2, 0.25) is 0 Å². The highest BCUT2D eigenvalue weighted by atomic mass is 16.6. The fourth-order valence-electron chi connectivity index (χ4n) is 1.43. The molecular formula is C12H12NO3+. The first-order valence-electron chi connectivity index (χ1n) is 4.85. The quantitative estimate of drug-likeness (QED) is 0.481. The van der Waals surface area contributed by atoms with Gasteiger partial charge < -0.3 is 4.42 Å². The van der Waals surface area contributed by atoms with Gasteiger partial charge in [-0.15, -0.1) is 0 Å². The Bertz CT molecular complexity index is 473. The number of nitrogens with two attached hydrogens (primary N) is 1. The minimum atomic E-state index is 0.336. The van der Waals surface area contributed by atoms with Crippen molar-refractivity contribution in [3.05, 3.63) is 42.2 Å². The van der Waals surface area contributed by atoms with E-state index in [0.29, 0.717) is 17.8 Å². The molecule has 4 heteroatoms. The molecule has 0 saturated carbocycles. The van der Waals surface area contributed by atoms with E-state index in [0.717, 1.165) is 11.3 Å². The Balaban J connectivity index is 2.23. The standard InChI is InChI=1S/C12H11NO3/c1-15-13-10-4-2-9(3-5-10)12-7-6-11(8-14)16-12/h2-8,13H,1H3/p+1. The maximum absolute atomic E-state index is 10.5. The number of benzene rings is 1. The molecule has 0 saturated heterocycles. The molecule has 1 aromatic carbocycles. The molecule has 0 unspecified atom stereocenters. The van der Waals surface area contributed by atoms with Crippen molar-refractivity contribution >= 4 is 12.0 Å². The molecule has 2 rings (SSSR count). The largest absolute Gasteiger partial charge is 0.453 e. The first-order valence-corrected chi connectivity index (χ1v) is 4.85. The van der Waals surface area contributed by atoms with Gasteiger partial charge in [-0.3, -0.25) is 4.79 Å². The average Bonchev–Trinajstić information content (AvgIpc) is 2.79. The molecule has 1 heterocycles. The molecule has 0 radical (unpaired) electrons. The van der Waals surface area contributed by atoms with E-state index in [1.54, 1.807) is 24.7 Å². The third kappa shape index (κ3) is 2.18. The molecule has 1 aromatic heterocycles. The van der Waals surface area contributed by atoms with Gasteiger partial charge in [0.15, 0.2) is 17.7 Å². The Labute approximate surface area is 92.8 Å². The van der Waals surface area contributed by atoms with E-state index in [2.05, 4.69) is 0 Å². The minimum absolute atomic E-state index is 0.336. The van der Waals surface area contributed by atoms with Gasteiger partial charge in [0.1, 0.15) is 5.76 Å². The molecule has 0 bridgehead atoms. The summed E-state index contributed by atoms with van der Waals surface area (Å²) < 4.78 is 5.31. The monoisotopic (exact) mass is 218 g/mol. The van der Waals surface area contributed by atoms with E-state index >= 15 is 0 Å². The summed E-state index contributed by atoms with van der Waals surface area (Å²) in [5.74, 6) is 1.02. The minimum Gasteiger partial charge on any atom is -0.453 e. The Hall–Kier alpha value is -1.91. The van der Waals surface area contributed by atoms with Crippen molar-refractivity contribution in [2.24, 2.45) is 0 Å². The zero-order valence-corrected chi connectivity index (χ0v) is 8.84. The van der Waals surface area contributed by atoms with Gasteiger partial charge >= 0.3 is 0 Å². The van der Waals surface area contributed by atoms with Gasteiger partial charge in [0, 0.05) is 17.7 Å². The second kappa shape index (κ2) is 4.74. The van der Waals surface area contributed by atoms with Crippen LogP contribution in [0.15, 0.2) is 40.8 Å². The van der Waals surface area contributed by atoms with Crippen LogP contribution < -0.4 is 5.48 Å². The molecular weight excluding hydrogens is 206 g/mol. The number of hydrogen-bond donors (Lipinski definition) is 1. The van der Waals surface area contributed by atoms with Crippen LogP contribution in [0.3, 0.4) is 0 Å². The van der Waals surface area contributed by atoms with Crippen LogP contribution >= 0.6 is 0 Å². The second-order valence-corrected chi connectivity index (χ2v) is 3.30. The fourth-order valence-corrected chi connectivity index (χ4v) is 1.43. The lowest BCUT2D eigenvalue weighted by Gasteiger charge is -1.98. The molecule has 2 N–H and O–H groups in total. The average molecular weight is 218 g/mol. The Kier molecular flexibility index (Phi) is 3.14. The van der Waals surface area contributed by atoms with E-state index in [-0.39, 0.29) is 0 Å². The summed E-state index contributed by atoms with van der Waals surface area (Å²) in [6, 6.07) is 11.1. The number of quaternary nitrogens is 1. The molecule has 4 nitrogen and oxygen atoms in total. The van der Waals surface area contributed by atoms with Crippen LogP contribution in [-0.4, -0.2) is 13.4 Å². The van der Waals surface area contributed by atoms with Crippen LogP contribution in [-0.2, 0) is 4.84 Å². The third-order valence-corrected chi connectivity index (χ3v) is 2.19. The summed E-state index contributed by atoms with van der Waals surface area (Å²) in [5, 5.41) is 0. The summed E-state index contributed by atoms with van der Waals surface area (Å²) in [6.45, 7) is 0. The summed E-state index contributed by atoms with van der Waals surface area (Å²) >= 11 is 0. The maximum atomic E-state index is 10.5. The maximum Gasteiger partial charge on any atom is 0.185 e. The van der Waals surface area contributed by atoms with Crippen molar-refractivity contribution < 1.29 is 19.5 Å². The molecule has 0 fully saturated rings. The second-order valence-electron chi connectivity index (χ2n) is 3.30. The molecule has 0 amide bonds. The predicted molar refractivity (Wildman–Crippen MR) is 58.1 cm³/mol. The van der Waals surface area contributed by atoms with E-state index in [9.17, 15) is 4.79 Å². The lowest BCUT2D eigenvalue weighted by molar-refractivity contribution is -0.830. The van der Waals surface area contributed by atoms with Crippen LogP contribution in [0.5, 0.6) is 0 Å². The highest BCUT2D eigenvalue weighted by Gasteiger charge is 2.04. The SMILES string of the molecule is CO[NH2+]c1ccc(-c2ccc(C=O)o2)cc1. The van der Waals surface area contributed by atoms with Crippen LogP contribution in [0, 0.1) is 0 Å². The zero-order chi connectivity index (χ0) is 11.4. The summed E-state index contributed by atoms with van der Waals surface area (Å²) in [4.78, 5) is 15.4. The fraction of sp³-hybridized carbons (Fsp3) is 0.0833. The zero-order valence-electron chi connectivity index (χ0n) is 8.84. The van der Waals surface area contributed by atoms with Gasteiger partial charge in [-0.2, -0.15) is 5.48 Å². The molecule has 0 aliphatic carbocycles. The van der Waals surface area contributed by atoms with Gasteiger partial charge in [-0.1, -0.05) is 0 Å². The van der Waals surface area contributed by atoms with Gasteiger partial charge in [0.05, 0.1) is 7.11 Å².